The van der Waals surface area contributed by atoms with Crippen LogP contribution in [0.15, 0.2) is 0 Å². The Hall–Kier alpha value is 0.560. The minimum atomic E-state index is -5.02. The number of phosphoric acid groups is 2. The molecular weight excluding hydrogens is 241 g/mol. The molecule has 0 aliphatic heterocycles. The Balaban J connectivity index is 4.54. The van der Waals surface area contributed by atoms with Crippen LogP contribution in [0.25, 0.3) is 0 Å². The van der Waals surface area contributed by atoms with Crippen molar-refractivity contribution in [3.8, 4) is 0 Å². The van der Waals surface area contributed by atoms with E-state index in [2.05, 4.69) is 14.9 Å². The molecule has 0 aromatic heterocycles. The summed E-state index contributed by atoms with van der Waals surface area (Å²) in [6.45, 7) is 2.89. The van der Waals surface area contributed by atoms with Crippen molar-refractivity contribution in [1.82, 2.24) is 0 Å². The predicted molar refractivity (Wildman–Crippen MR) is 49.9 cm³/mol. The highest BCUT2D eigenvalue weighted by molar-refractivity contribution is 7.75. The average Bonchev–Trinajstić information content (AvgIpc) is 1.43. The maximum atomic E-state index is 10.9. The lowest BCUT2D eigenvalue weighted by Gasteiger charge is -2.18. The van der Waals surface area contributed by atoms with Crippen molar-refractivity contribution in [1.29, 1.82) is 0 Å². The Morgan fingerprint density at radius 1 is 1.08 bits per heavy atom. The van der Waals surface area contributed by atoms with E-state index in [1.54, 1.807) is 0 Å². The lowest BCUT2D eigenvalue weighted by molar-refractivity contribution is 0.234. The Morgan fingerprint density at radius 2 is 1.46 bits per heavy atom. The largest absolute Gasteiger partial charge is 0.484 e. The van der Waals surface area contributed by atoms with E-state index >= 15 is 0 Å². The molecule has 0 saturated carbocycles. The van der Waals surface area contributed by atoms with Crippen molar-refractivity contribution < 1.29 is 32.4 Å². The average molecular weight is 252 g/mol. The minimum absolute atomic E-state index is 1.44. The molecule has 1 atom stereocenters. The highest BCUT2D eigenvalue weighted by atomic mass is 31.3. The zero-order valence-electron chi connectivity index (χ0n) is 7.02. The van der Waals surface area contributed by atoms with Gasteiger partial charge in [0, 0.05) is 7.11 Å². The number of hydrogen-bond acceptors (Lipinski definition) is 4. The van der Waals surface area contributed by atoms with Gasteiger partial charge in [0.1, 0.15) is 0 Å². The van der Waals surface area contributed by atoms with Gasteiger partial charge >= 0.3 is 15.6 Å². The minimum Gasteiger partial charge on any atom is -0.302 e. The summed E-state index contributed by atoms with van der Waals surface area (Å²) in [6.07, 6.45) is 3.41. The van der Waals surface area contributed by atoms with E-state index in [4.69, 9.17) is 14.7 Å². The van der Waals surface area contributed by atoms with Crippen molar-refractivity contribution in [3.63, 3.8) is 0 Å². The summed E-state index contributed by atoms with van der Waals surface area (Å²) in [6, 6.07) is 0. The van der Waals surface area contributed by atoms with Gasteiger partial charge in [-0.05, 0) is 13.3 Å². The standard InChI is InChI=1S/C3H11O7P3/c1-11(2,3)9-13(7,8)10-12(4,5)6/h1H2,2-3H3,(H,7,8)(H2,4,5,6). The molecule has 0 aliphatic rings. The van der Waals surface area contributed by atoms with Gasteiger partial charge in [-0.15, -0.1) is 0 Å². The third-order valence-electron chi connectivity index (χ3n) is 0.534. The highest BCUT2D eigenvalue weighted by Gasteiger charge is 2.34. The molecule has 0 aliphatic carbocycles. The predicted octanol–water partition coefficient (Wildman–Crippen LogP) is 0.837. The zero-order valence-corrected chi connectivity index (χ0v) is 9.71. The molecule has 13 heavy (non-hydrogen) atoms. The zero-order chi connectivity index (χ0) is 10.9. The van der Waals surface area contributed by atoms with Gasteiger partial charge in [-0.25, -0.2) is 9.13 Å². The lowest BCUT2D eigenvalue weighted by Crippen LogP contribution is -1.91. The van der Waals surface area contributed by atoms with Crippen LogP contribution >= 0.6 is 22.8 Å². The summed E-state index contributed by atoms with van der Waals surface area (Å²) in [5.41, 5.74) is 0. The maximum absolute atomic E-state index is 10.9. The number of hydrogen-bond donors (Lipinski definition) is 3. The third kappa shape index (κ3) is 8.88. The first-order valence-corrected chi connectivity index (χ1v) is 8.72. The molecule has 0 heterocycles. The van der Waals surface area contributed by atoms with Crippen LogP contribution in [0.2, 0.25) is 0 Å². The third-order valence-corrected chi connectivity index (χ3v) is 4.80. The molecule has 0 fully saturated rings. The fraction of sp³-hybridized carbons (Fsp3) is 0.667. The molecule has 0 spiro atoms. The summed E-state index contributed by atoms with van der Waals surface area (Å²) in [5.74, 6) is 0. The van der Waals surface area contributed by atoms with Crippen LogP contribution in [0.1, 0.15) is 0 Å². The van der Waals surface area contributed by atoms with Crippen LogP contribution in [0, 0.1) is 0 Å². The molecule has 1 unspecified atom stereocenters. The number of rotatable bonds is 4. The SMILES string of the molecule is C=P(C)(C)OP(=O)(O)OP(=O)(O)O. The van der Waals surface area contributed by atoms with Crippen LogP contribution in [-0.4, -0.2) is 34.3 Å². The summed E-state index contributed by atoms with van der Waals surface area (Å²) in [5, 5.41) is 0. The monoisotopic (exact) mass is 252 g/mol. The molecule has 0 rings (SSSR count). The molecular formula is C3H11O7P3. The molecule has 3 N–H and O–H groups in total. The van der Waals surface area contributed by atoms with Crippen LogP contribution in [-0.2, 0) is 17.8 Å². The molecule has 80 valence electrons. The molecule has 10 heteroatoms. The smallest absolute Gasteiger partial charge is 0.302 e. The Labute approximate surface area is 75.6 Å². The van der Waals surface area contributed by atoms with Gasteiger partial charge in [0.05, 0.1) is 0 Å². The Morgan fingerprint density at radius 3 is 1.69 bits per heavy atom. The molecule has 0 bridgehead atoms. The van der Waals surface area contributed by atoms with Crippen molar-refractivity contribution >= 4 is 29.1 Å². The van der Waals surface area contributed by atoms with Crippen molar-refractivity contribution in [2.24, 2.45) is 0 Å². The quantitative estimate of drug-likeness (QED) is 0.635. The fourth-order valence-electron chi connectivity index (χ4n) is 0.429. The van der Waals surface area contributed by atoms with Crippen LogP contribution in [0.3, 0.4) is 0 Å². The second kappa shape index (κ2) is 3.97. The van der Waals surface area contributed by atoms with Crippen molar-refractivity contribution in [2.45, 2.75) is 0 Å². The van der Waals surface area contributed by atoms with Gasteiger partial charge in [-0.2, -0.15) is 4.31 Å². The molecule has 0 saturated heterocycles. The van der Waals surface area contributed by atoms with E-state index in [1.165, 1.54) is 13.3 Å². The van der Waals surface area contributed by atoms with Gasteiger partial charge in [0.15, 0.2) is 0 Å². The Bertz CT molecular complexity index is 281. The van der Waals surface area contributed by atoms with Gasteiger partial charge in [-0.3, -0.25) is 4.31 Å². The van der Waals surface area contributed by atoms with E-state index in [1.807, 2.05) is 0 Å². The van der Waals surface area contributed by atoms with Crippen LogP contribution in [0.5, 0.6) is 0 Å². The molecule has 7 nitrogen and oxygen atoms in total. The molecule has 0 aromatic carbocycles. The lowest BCUT2D eigenvalue weighted by atomic mass is 11.9. The van der Waals surface area contributed by atoms with E-state index in [0.717, 1.165) is 0 Å². The topological polar surface area (TPSA) is 113 Å². The van der Waals surface area contributed by atoms with Gasteiger partial charge in [-0.1, -0.05) is 6.30 Å². The summed E-state index contributed by atoms with van der Waals surface area (Å²) in [7, 11) is -12.1. The van der Waals surface area contributed by atoms with Gasteiger partial charge in [0.25, 0.3) is 0 Å². The molecule has 0 aromatic rings. The van der Waals surface area contributed by atoms with Crippen LogP contribution < -0.4 is 0 Å². The first kappa shape index (κ1) is 13.6. The Kier molecular flexibility index (Phi) is 4.14. The van der Waals surface area contributed by atoms with Crippen molar-refractivity contribution in [2.75, 3.05) is 13.3 Å². The first-order chi connectivity index (χ1) is 5.41. The fourth-order valence-corrected chi connectivity index (χ4v) is 4.13. The first-order valence-electron chi connectivity index (χ1n) is 2.91. The summed E-state index contributed by atoms with van der Waals surface area (Å²) in [4.78, 5) is 25.2. The second-order valence-electron chi connectivity index (χ2n) is 2.70. The molecule has 0 amide bonds. The normalized spacial score (nSPS) is 18.2. The van der Waals surface area contributed by atoms with Gasteiger partial charge in [0.2, 0.25) is 0 Å². The van der Waals surface area contributed by atoms with Crippen LogP contribution in [0.4, 0.5) is 0 Å². The van der Waals surface area contributed by atoms with E-state index in [-0.39, 0.29) is 0 Å². The highest BCUT2D eigenvalue weighted by Crippen LogP contribution is 2.64. The van der Waals surface area contributed by atoms with E-state index in [0.29, 0.717) is 0 Å². The molecule has 0 radical (unpaired) electrons. The summed E-state index contributed by atoms with van der Waals surface area (Å²) >= 11 is 0. The van der Waals surface area contributed by atoms with E-state index < -0.39 is 22.8 Å². The van der Waals surface area contributed by atoms with E-state index in [9.17, 15) is 9.13 Å². The van der Waals surface area contributed by atoms with Crippen molar-refractivity contribution in [3.05, 3.63) is 0 Å². The second-order valence-corrected chi connectivity index (χ2v) is 9.07. The maximum Gasteiger partial charge on any atom is 0.484 e. The summed E-state index contributed by atoms with van der Waals surface area (Å²) < 4.78 is 29.0. The van der Waals surface area contributed by atoms with Gasteiger partial charge < -0.3 is 14.7 Å².